The van der Waals surface area contributed by atoms with Crippen LogP contribution in [0.15, 0.2) is 48.0 Å². The molecular weight excluding hydrogens is 288 g/mol. The lowest BCUT2D eigenvalue weighted by molar-refractivity contribution is 0.103. The van der Waals surface area contributed by atoms with Crippen LogP contribution in [0.5, 0.6) is 5.75 Å². The number of carbonyl (C=O) groups excluding carboxylic acids is 1. The van der Waals surface area contributed by atoms with Crippen molar-refractivity contribution < 1.29 is 18.3 Å². The summed E-state index contributed by atoms with van der Waals surface area (Å²) in [5, 5.41) is 9.15. The standard InChI is InChI=1S/C17H11F2NO2/c1-22-16-5-3-2-4-14(16)17(21)12(10-20)8-11-6-7-13(18)9-15(11)19/h2-9H,1H3/b12-8+. The third-order valence-electron chi connectivity index (χ3n) is 2.98. The lowest BCUT2D eigenvalue weighted by Gasteiger charge is -2.06. The van der Waals surface area contributed by atoms with E-state index < -0.39 is 17.4 Å². The summed E-state index contributed by atoms with van der Waals surface area (Å²) in [7, 11) is 1.40. The number of ketones is 1. The van der Waals surface area contributed by atoms with E-state index in [0.717, 1.165) is 18.2 Å². The molecule has 0 N–H and O–H groups in total. The normalized spacial score (nSPS) is 10.9. The maximum absolute atomic E-state index is 13.6. The Bertz CT molecular complexity index is 791. The number of rotatable bonds is 4. The van der Waals surface area contributed by atoms with Crippen molar-refractivity contribution in [2.24, 2.45) is 0 Å². The van der Waals surface area contributed by atoms with Gasteiger partial charge in [0.1, 0.15) is 29.0 Å². The highest BCUT2D eigenvalue weighted by Crippen LogP contribution is 2.22. The number of hydrogen-bond donors (Lipinski definition) is 0. The smallest absolute Gasteiger partial charge is 0.207 e. The van der Waals surface area contributed by atoms with Crippen molar-refractivity contribution in [2.75, 3.05) is 7.11 Å². The number of methoxy groups -OCH3 is 1. The molecular formula is C17H11F2NO2. The van der Waals surface area contributed by atoms with Crippen LogP contribution >= 0.6 is 0 Å². The van der Waals surface area contributed by atoms with Crippen molar-refractivity contribution in [2.45, 2.75) is 0 Å². The summed E-state index contributed by atoms with van der Waals surface area (Å²) in [4.78, 5) is 12.4. The van der Waals surface area contributed by atoms with Gasteiger partial charge in [-0.25, -0.2) is 8.78 Å². The van der Waals surface area contributed by atoms with Crippen LogP contribution in [0, 0.1) is 23.0 Å². The zero-order chi connectivity index (χ0) is 16.1. The van der Waals surface area contributed by atoms with Gasteiger partial charge in [0.25, 0.3) is 0 Å². The number of carbonyl (C=O) groups is 1. The first kappa shape index (κ1) is 15.4. The highest BCUT2D eigenvalue weighted by molar-refractivity contribution is 6.15. The molecule has 0 spiro atoms. The minimum absolute atomic E-state index is 0.0406. The Morgan fingerprint density at radius 2 is 1.95 bits per heavy atom. The van der Waals surface area contributed by atoms with E-state index in [2.05, 4.69) is 0 Å². The average molecular weight is 299 g/mol. The molecule has 5 heteroatoms. The van der Waals surface area contributed by atoms with Crippen LogP contribution in [-0.4, -0.2) is 12.9 Å². The van der Waals surface area contributed by atoms with Crippen LogP contribution in [0.3, 0.4) is 0 Å². The SMILES string of the molecule is COc1ccccc1C(=O)/C(C#N)=C/c1ccc(F)cc1F. The van der Waals surface area contributed by atoms with Crippen molar-refractivity contribution in [3.63, 3.8) is 0 Å². The van der Waals surface area contributed by atoms with Crippen molar-refractivity contribution in [1.82, 2.24) is 0 Å². The Kier molecular flexibility index (Phi) is 4.64. The van der Waals surface area contributed by atoms with E-state index >= 15 is 0 Å². The Balaban J connectivity index is 2.46. The molecule has 110 valence electrons. The third kappa shape index (κ3) is 3.18. The number of nitriles is 1. The number of halogens is 2. The van der Waals surface area contributed by atoms with Gasteiger partial charge in [0.2, 0.25) is 5.78 Å². The lowest BCUT2D eigenvalue weighted by Crippen LogP contribution is -2.04. The van der Waals surface area contributed by atoms with Crippen molar-refractivity contribution in [3.8, 4) is 11.8 Å². The zero-order valence-corrected chi connectivity index (χ0v) is 11.6. The fourth-order valence-electron chi connectivity index (χ4n) is 1.90. The van der Waals surface area contributed by atoms with E-state index in [0.29, 0.717) is 11.8 Å². The van der Waals surface area contributed by atoms with Crippen molar-refractivity contribution >= 4 is 11.9 Å². The number of Topliss-reactive ketones (excluding diaryl/α,β-unsaturated/α-hetero) is 1. The van der Waals surface area contributed by atoms with Crippen LogP contribution in [0.1, 0.15) is 15.9 Å². The Labute approximate surface area is 126 Å². The van der Waals surface area contributed by atoms with Gasteiger partial charge in [0.15, 0.2) is 0 Å². The predicted octanol–water partition coefficient (Wildman–Crippen LogP) is 3.76. The highest BCUT2D eigenvalue weighted by Gasteiger charge is 2.17. The third-order valence-corrected chi connectivity index (χ3v) is 2.98. The summed E-state index contributed by atoms with van der Waals surface area (Å²) in [6, 6.07) is 11.0. The Morgan fingerprint density at radius 1 is 1.23 bits per heavy atom. The average Bonchev–Trinajstić information content (AvgIpc) is 2.53. The van der Waals surface area contributed by atoms with E-state index in [1.165, 1.54) is 13.2 Å². The van der Waals surface area contributed by atoms with Crippen molar-refractivity contribution in [1.29, 1.82) is 5.26 Å². The number of ether oxygens (including phenoxy) is 1. The molecule has 0 saturated carbocycles. The van der Waals surface area contributed by atoms with Crippen LogP contribution < -0.4 is 4.74 Å². The van der Waals surface area contributed by atoms with Crippen LogP contribution in [-0.2, 0) is 0 Å². The molecule has 0 bridgehead atoms. The molecule has 0 saturated heterocycles. The van der Waals surface area contributed by atoms with Gasteiger partial charge in [0, 0.05) is 11.6 Å². The van der Waals surface area contributed by atoms with E-state index in [9.17, 15) is 13.6 Å². The summed E-state index contributed by atoms with van der Waals surface area (Å²) >= 11 is 0. The predicted molar refractivity (Wildman–Crippen MR) is 77.3 cm³/mol. The maximum atomic E-state index is 13.6. The van der Waals surface area contributed by atoms with Crippen LogP contribution in [0.4, 0.5) is 8.78 Å². The second kappa shape index (κ2) is 6.64. The van der Waals surface area contributed by atoms with Gasteiger partial charge in [-0.2, -0.15) is 5.26 Å². The topological polar surface area (TPSA) is 50.1 Å². The molecule has 0 radical (unpaired) electrons. The van der Waals surface area contributed by atoms with Gasteiger partial charge >= 0.3 is 0 Å². The quantitative estimate of drug-likeness (QED) is 0.490. The first-order valence-corrected chi connectivity index (χ1v) is 6.31. The number of benzene rings is 2. The Morgan fingerprint density at radius 3 is 2.59 bits per heavy atom. The second-order valence-electron chi connectivity index (χ2n) is 4.37. The number of hydrogen-bond acceptors (Lipinski definition) is 3. The van der Waals surface area contributed by atoms with Gasteiger partial charge < -0.3 is 4.74 Å². The highest BCUT2D eigenvalue weighted by atomic mass is 19.1. The van der Waals surface area contributed by atoms with Gasteiger partial charge in [-0.1, -0.05) is 12.1 Å². The first-order chi connectivity index (χ1) is 10.6. The van der Waals surface area contributed by atoms with Gasteiger partial charge in [-0.3, -0.25) is 4.79 Å². The fraction of sp³-hybridized carbons (Fsp3) is 0.0588. The molecule has 3 nitrogen and oxygen atoms in total. The number of para-hydroxylation sites is 1. The van der Waals surface area contributed by atoms with E-state index in [-0.39, 0.29) is 16.7 Å². The minimum Gasteiger partial charge on any atom is -0.496 e. The number of allylic oxidation sites excluding steroid dienone is 1. The van der Waals surface area contributed by atoms with Crippen molar-refractivity contribution in [3.05, 3.63) is 70.8 Å². The molecule has 0 fully saturated rings. The minimum atomic E-state index is -0.847. The van der Waals surface area contributed by atoms with E-state index in [1.54, 1.807) is 24.3 Å². The molecule has 0 aliphatic carbocycles. The molecule has 2 aromatic carbocycles. The molecule has 0 aromatic heterocycles. The molecule has 0 unspecified atom stereocenters. The molecule has 0 heterocycles. The summed E-state index contributed by atoms with van der Waals surface area (Å²) < 4.78 is 31.6. The number of nitrogens with zero attached hydrogens (tertiary/aromatic N) is 1. The largest absolute Gasteiger partial charge is 0.496 e. The van der Waals surface area contributed by atoms with E-state index in [4.69, 9.17) is 10.00 Å². The fourth-order valence-corrected chi connectivity index (χ4v) is 1.90. The lowest BCUT2D eigenvalue weighted by atomic mass is 10.0. The molecule has 2 rings (SSSR count). The summed E-state index contributed by atoms with van der Waals surface area (Å²) in [6.45, 7) is 0. The van der Waals surface area contributed by atoms with Gasteiger partial charge in [-0.15, -0.1) is 0 Å². The molecule has 0 amide bonds. The second-order valence-corrected chi connectivity index (χ2v) is 4.37. The van der Waals surface area contributed by atoms with E-state index in [1.807, 2.05) is 0 Å². The molecule has 0 aliphatic heterocycles. The van der Waals surface area contributed by atoms with Gasteiger partial charge in [0.05, 0.1) is 12.7 Å². The molecule has 0 atom stereocenters. The summed E-state index contributed by atoms with van der Waals surface area (Å²) in [5.74, 6) is -1.86. The molecule has 22 heavy (non-hydrogen) atoms. The monoisotopic (exact) mass is 299 g/mol. The summed E-state index contributed by atoms with van der Waals surface area (Å²) in [5.41, 5.74) is -0.114. The molecule has 0 aliphatic rings. The summed E-state index contributed by atoms with van der Waals surface area (Å²) in [6.07, 6.45) is 1.09. The van der Waals surface area contributed by atoms with Crippen LogP contribution in [0.2, 0.25) is 0 Å². The molecule has 2 aromatic rings. The van der Waals surface area contributed by atoms with Crippen LogP contribution in [0.25, 0.3) is 6.08 Å². The zero-order valence-electron chi connectivity index (χ0n) is 11.6. The van der Waals surface area contributed by atoms with Gasteiger partial charge in [-0.05, 0) is 30.3 Å². The maximum Gasteiger partial charge on any atom is 0.207 e. The first-order valence-electron chi connectivity index (χ1n) is 6.31. The Hall–Kier alpha value is -3.00.